The molecule has 1 saturated heterocycles. The lowest BCUT2D eigenvalue weighted by molar-refractivity contribution is -0.119. The molecule has 0 aromatic heterocycles. The van der Waals surface area contributed by atoms with Crippen molar-refractivity contribution in [1.29, 1.82) is 0 Å². The van der Waals surface area contributed by atoms with Crippen molar-refractivity contribution < 1.29 is 9.47 Å². The number of ether oxygens (including phenoxy) is 2. The van der Waals surface area contributed by atoms with E-state index in [1.54, 1.807) is 0 Å². The van der Waals surface area contributed by atoms with E-state index in [0.29, 0.717) is 5.92 Å². The third kappa shape index (κ3) is 1.99. The molecular formula is C10H17O2. The van der Waals surface area contributed by atoms with Crippen molar-refractivity contribution >= 4 is 0 Å². The van der Waals surface area contributed by atoms with Gasteiger partial charge >= 0.3 is 0 Å². The Morgan fingerprint density at radius 1 is 0.833 bits per heavy atom. The Bertz CT molecular complexity index is 108. The van der Waals surface area contributed by atoms with Crippen LogP contribution in [0.25, 0.3) is 0 Å². The van der Waals surface area contributed by atoms with Gasteiger partial charge in [-0.1, -0.05) is 19.3 Å². The predicted octanol–water partition coefficient (Wildman–Crippen LogP) is 2.49. The van der Waals surface area contributed by atoms with Gasteiger partial charge in [0, 0.05) is 5.92 Å². The first kappa shape index (κ1) is 8.52. The summed E-state index contributed by atoms with van der Waals surface area (Å²) >= 11 is 0. The first-order valence-electron chi connectivity index (χ1n) is 5.09. The van der Waals surface area contributed by atoms with Crippen LogP contribution in [0, 0.1) is 12.2 Å². The fraction of sp³-hybridized carbons (Fsp3) is 0.900. The summed E-state index contributed by atoms with van der Waals surface area (Å²) in [5.41, 5.74) is 0. The second-order valence-corrected chi connectivity index (χ2v) is 3.70. The Hall–Kier alpha value is -0.0800. The zero-order valence-electron chi connectivity index (χ0n) is 7.55. The van der Waals surface area contributed by atoms with E-state index >= 15 is 0 Å². The van der Waals surface area contributed by atoms with Gasteiger partial charge in [0.25, 0.3) is 0 Å². The molecule has 2 fully saturated rings. The van der Waals surface area contributed by atoms with E-state index in [1.807, 2.05) is 0 Å². The second kappa shape index (κ2) is 4.24. The van der Waals surface area contributed by atoms with Crippen LogP contribution in [-0.4, -0.2) is 13.2 Å². The summed E-state index contributed by atoms with van der Waals surface area (Å²) in [5, 5.41) is 0. The molecule has 2 rings (SSSR count). The molecule has 0 bridgehead atoms. The summed E-state index contributed by atoms with van der Waals surface area (Å²) in [7, 11) is 0. The van der Waals surface area contributed by atoms with Crippen LogP contribution >= 0.6 is 0 Å². The summed E-state index contributed by atoms with van der Waals surface area (Å²) < 4.78 is 11.0. The highest BCUT2D eigenvalue weighted by molar-refractivity contribution is 4.82. The van der Waals surface area contributed by atoms with Gasteiger partial charge < -0.3 is 9.47 Å². The summed E-state index contributed by atoms with van der Waals surface area (Å²) in [6.45, 7) is 1.73. The lowest BCUT2D eigenvalue weighted by atomic mass is 9.88. The molecule has 0 aromatic carbocycles. The molecule has 0 spiro atoms. The highest BCUT2D eigenvalue weighted by Gasteiger charge is 2.28. The topological polar surface area (TPSA) is 18.5 Å². The molecule has 1 radical (unpaired) electrons. The van der Waals surface area contributed by atoms with Crippen molar-refractivity contribution in [1.82, 2.24) is 0 Å². The SMILES string of the molecule is C1CCC([C]2OCCCO2)CC1. The van der Waals surface area contributed by atoms with Crippen LogP contribution in [0.4, 0.5) is 0 Å². The molecular weight excluding hydrogens is 152 g/mol. The molecule has 2 nitrogen and oxygen atoms in total. The molecule has 0 unspecified atom stereocenters. The van der Waals surface area contributed by atoms with Gasteiger partial charge in [-0.15, -0.1) is 0 Å². The fourth-order valence-corrected chi connectivity index (χ4v) is 2.02. The summed E-state index contributed by atoms with van der Waals surface area (Å²) in [5.74, 6) is 0.610. The molecule has 1 saturated carbocycles. The van der Waals surface area contributed by atoms with Crippen LogP contribution < -0.4 is 0 Å². The van der Waals surface area contributed by atoms with Crippen molar-refractivity contribution in [3.8, 4) is 0 Å². The van der Waals surface area contributed by atoms with Crippen LogP contribution in [0.5, 0.6) is 0 Å². The van der Waals surface area contributed by atoms with Crippen molar-refractivity contribution in [2.24, 2.45) is 5.92 Å². The van der Waals surface area contributed by atoms with Crippen molar-refractivity contribution in [3.05, 3.63) is 6.29 Å². The van der Waals surface area contributed by atoms with Gasteiger partial charge in [-0.25, -0.2) is 0 Å². The van der Waals surface area contributed by atoms with E-state index in [4.69, 9.17) is 9.47 Å². The summed E-state index contributed by atoms with van der Waals surface area (Å²) in [4.78, 5) is 0. The second-order valence-electron chi connectivity index (χ2n) is 3.70. The van der Waals surface area contributed by atoms with Gasteiger partial charge in [0.2, 0.25) is 6.29 Å². The summed E-state index contributed by atoms with van der Waals surface area (Å²) in [6, 6.07) is 0. The van der Waals surface area contributed by atoms with Gasteiger partial charge in [0.05, 0.1) is 13.2 Å². The minimum atomic E-state index is 0.610. The first-order valence-corrected chi connectivity index (χ1v) is 5.09. The van der Waals surface area contributed by atoms with E-state index in [9.17, 15) is 0 Å². The van der Waals surface area contributed by atoms with E-state index in [-0.39, 0.29) is 0 Å². The van der Waals surface area contributed by atoms with Gasteiger partial charge in [0.15, 0.2) is 0 Å². The predicted molar refractivity (Wildman–Crippen MR) is 46.3 cm³/mol. The van der Waals surface area contributed by atoms with E-state index in [2.05, 4.69) is 0 Å². The largest absolute Gasteiger partial charge is 0.345 e. The third-order valence-electron chi connectivity index (χ3n) is 2.72. The molecule has 1 aliphatic carbocycles. The molecule has 69 valence electrons. The van der Waals surface area contributed by atoms with Crippen molar-refractivity contribution in [2.75, 3.05) is 13.2 Å². The van der Waals surface area contributed by atoms with E-state index < -0.39 is 0 Å². The molecule has 1 heterocycles. The highest BCUT2D eigenvalue weighted by Crippen LogP contribution is 2.33. The van der Waals surface area contributed by atoms with Crippen LogP contribution in [0.2, 0.25) is 0 Å². The molecule has 12 heavy (non-hydrogen) atoms. The Balaban J connectivity index is 1.80. The molecule has 0 atom stereocenters. The van der Waals surface area contributed by atoms with Gasteiger partial charge in [0.1, 0.15) is 0 Å². The molecule has 1 aliphatic heterocycles. The third-order valence-corrected chi connectivity index (χ3v) is 2.72. The monoisotopic (exact) mass is 169 g/mol. The van der Waals surface area contributed by atoms with Crippen LogP contribution in [-0.2, 0) is 9.47 Å². The normalized spacial score (nSPS) is 29.0. The van der Waals surface area contributed by atoms with Gasteiger partial charge in [-0.2, -0.15) is 0 Å². The number of hydrogen-bond donors (Lipinski definition) is 0. The quantitative estimate of drug-likeness (QED) is 0.600. The molecule has 2 aliphatic rings. The Labute approximate surface area is 74.2 Å². The zero-order valence-corrected chi connectivity index (χ0v) is 7.55. The number of rotatable bonds is 1. The van der Waals surface area contributed by atoms with Crippen LogP contribution in [0.15, 0.2) is 0 Å². The zero-order chi connectivity index (χ0) is 8.23. The fourth-order valence-electron chi connectivity index (χ4n) is 2.02. The van der Waals surface area contributed by atoms with Crippen LogP contribution in [0.3, 0.4) is 0 Å². The smallest absolute Gasteiger partial charge is 0.226 e. The van der Waals surface area contributed by atoms with Gasteiger partial charge in [-0.05, 0) is 19.3 Å². The molecule has 0 N–H and O–H groups in total. The maximum absolute atomic E-state index is 5.51. The maximum atomic E-state index is 5.51. The minimum absolute atomic E-state index is 0.610. The average Bonchev–Trinajstić information content (AvgIpc) is 2.21. The maximum Gasteiger partial charge on any atom is 0.226 e. The van der Waals surface area contributed by atoms with Crippen LogP contribution in [0.1, 0.15) is 38.5 Å². The van der Waals surface area contributed by atoms with E-state index in [0.717, 1.165) is 25.9 Å². The summed E-state index contributed by atoms with van der Waals surface area (Å²) in [6.07, 6.45) is 8.63. The molecule has 0 aromatic rings. The molecule has 0 amide bonds. The van der Waals surface area contributed by atoms with E-state index in [1.165, 1.54) is 32.1 Å². The van der Waals surface area contributed by atoms with Crippen molar-refractivity contribution in [2.45, 2.75) is 38.5 Å². The lowest BCUT2D eigenvalue weighted by Crippen LogP contribution is -2.26. The molecule has 2 heteroatoms. The highest BCUT2D eigenvalue weighted by atomic mass is 16.7. The van der Waals surface area contributed by atoms with Gasteiger partial charge in [-0.3, -0.25) is 0 Å². The Kier molecular flexibility index (Phi) is 3.01. The Morgan fingerprint density at radius 3 is 2.17 bits per heavy atom. The standard InChI is InChI=1S/C10H17O2/c1-2-5-9(6-3-1)10-11-7-4-8-12-10/h9H,1-8H2. The number of hydrogen-bond acceptors (Lipinski definition) is 2. The lowest BCUT2D eigenvalue weighted by Gasteiger charge is -2.31. The Morgan fingerprint density at radius 2 is 1.50 bits per heavy atom. The first-order chi connectivity index (χ1) is 5.97. The average molecular weight is 169 g/mol. The minimum Gasteiger partial charge on any atom is -0.345 e. The van der Waals surface area contributed by atoms with Crippen molar-refractivity contribution in [3.63, 3.8) is 0 Å².